The molecule has 4 heteroatoms. The lowest BCUT2D eigenvalue weighted by atomic mass is 9.93. The van der Waals surface area contributed by atoms with E-state index < -0.39 is 0 Å². The monoisotopic (exact) mass is 185 g/mol. The van der Waals surface area contributed by atoms with Crippen molar-refractivity contribution in [3.63, 3.8) is 0 Å². The maximum absolute atomic E-state index is 9.22. The summed E-state index contributed by atoms with van der Waals surface area (Å²) in [6.07, 6.45) is 0. The third kappa shape index (κ3) is 2.69. The first-order valence-electron chi connectivity index (χ1n) is 4.99. The summed E-state index contributed by atoms with van der Waals surface area (Å²) in [5.74, 6) is 0. The van der Waals surface area contributed by atoms with Crippen molar-refractivity contribution in [2.45, 2.75) is 38.4 Å². The lowest BCUT2D eigenvalue weighted by molar-refractivity contribution is -0.143. The van der Waals surface area contributed by atoms with E-state index in [4.69, 9.17) is 4.74 Å². The fraction of sp³-hybridized carbons (Fsp3) is 1.00. The average Bonchev–Trinajstić information content (AvgIpc) is 2.03. The number of rotatable bonds is 2. The lowest BCUT2D eigenvalue weighted by Crippen LogP contribution is -2.57. The fourth-order valence-electron chi connectivity index (χ4n) is 1.87. The van der Waals surface area contributed by atoms with E-state index in [2.05, 4.69) is 26.6 Å². The molecule has 0 aromatic carbocycles. The van der Waals surface area contributed by atoms with E-state index in [1.54, 1.807) is 0 Å². The number of hydrogen-bond acceptors (Lipinski definition) is 3. The van der Waals surface area contributed by atoms with Crippen molar-refractivity contribution in [2.75, 3.05) is 19.7 Å². The molecular weight excluding hydrogens is 165 g/mol. The van der Waals surface area contributed by atoms with Gasteiger partial charge in [0.1, 0.15) is 13.4 Å². The van der Waals surface area contributed by atoms with E-state index in [0.717, 1.165) is 13.1 Å². The Kier molecular flexibility index (Phi) is 3.38. The summed E-state index contributed by atoms with van der Waals surface area (Å²) in [6, 6.07) is 0.741. The Balaban J connectivity index is 2.62. The van der Waals surface area contributed by atoms with Crippen LogP contribution in [0.1, 0.15) is 20.8 Å². The smallest absolute Gasteiger partial charge is 0.140 e. The average molecular weight is 185 g/mol. The molecule has 0 unspecified atom stereocenters. The van der Waals surface area contributed by atoms with E-state index in [-0.39, 0.29) is 18.2 Å². The highest BCUT2D eigenvalue weighted by Crippen LogP contribution is 2.21. The number of ether oxygens (including phenoxy) is 1. The summed E-state index contributed by atoms with van der Waals surface area (Å²) < 4.78 is 5.71. The topological polar surface area (TPSA) is 32.7 Å². The maximum Gasteiger partial charge on any atom is 0.140 e. The Bertz CT molecular complexity index is 177. The molecule has 1 rings (SSSR count). The fourth-order valence-corrected chi connectivity index (χ4v) is 1.87. The Hall–Kier alpha value is -0.0551. The van der Waals surface area contributed by atoms with Gasteiger partial charge in [0.05, 0.1) is 6.61 Å². The number of aliphatic hydroxyl groups excluding tert-OH is 1. The SMILES string of the molecule is B[C@H]1CN(C(C)C)C[C@@](C)(CO)O1. The van der Waals surface area contributed by atoms with Crippen molar-refractivity contribution in [2.24, 2.45) is 0 Å². The van der Waals surface area contributed by atoms with Crippen molar-refractivity contribution in [3.05, 3.63) is 0 Å². The molecule has 1 saturated heterocycles. The summed E-state index contributed by atoms with van der Waals surface area (Å²) >= 11 is 0. The third-order valence-electron chi connectivity index (χ3n) is 2.58. The van der Waals surface area contributed by atoms with Crippen LogP contribution in [-0.4, -0.2) is 55.2 Å². The van der Waals surface area contributed by atoms with Crippen molar-refractivity contribution in [3.8, 4) is 0 Å². The van der Waals surface area contributed by atoms with Gasteiger partial charge in [0.15, 0.2) is 0 Å². The van der Waals surface area contributed by atoms with Gasteiger partial charge in [-0.1, -0.05) is 0 Å². The van der Waals surface area contributed by atoms with Crippen molar-refractivity contribution >= 4 is 7.85 Å². The molecule has 0 radical (unpaired) electrons. The molecule has 0 aromatic heterocycles. The minimum atomic E-state index is -0.373. The molecule has 2 atom stereocenters. The Morgan fingerprint density at radius 2 is 2.31 bits per heavy atom. The summed E-state index contributed by atoms with van der Waals surface area (Å²) in [6.45, 7) is 8.21. The van der Waals surface area contributed by atoms with Crippen LogP contribution in [0.4, 0.5) is 0 Å². The molecule has 1 fully saturated rings. The highest BCUT2D eigenvalue weighted by molar-refractivity contribution is 6.11. The standard InChI is InChI=1S/C9H20BNO2/c1-7(2)11-4-8(10)13-9(3,5-11)6-12/h7-8,12H,4-6,10H2,1-3H3/t8-,9+/m1/s1. The zero-order chi connectivity index (χ0) is 10.1. The quantitative estimate of drug-likeness (QED) is 0.585. The second kappa shape index (κ2) is 3.99. The highest BCUT2D eigenvalue weighted by Gasteiger charge is 2.35. The second-order valence-electron chi connectivity index (χ2n) is 4.56. The largest absolute Gasteiger partial charge is 0.393 e. The number of hydrogen-bond donors (Lipinski definition) is 1. The van der Waals surface area contributed by atoms with E-state index in [1.165, 1.54) is 0 Å². The van der Waals surface area contributed by atoms with Crippen LogP contribution in [0.25, 0.3) is 0 Å². The molecule has 13 heavy (non-hydrogen) atoms. The highest BCUT2D eigenvalue weighted by atomic mass is 16.5. The van der Waals surface area contributed by atoms with Gasteiger partial charge < -0.3 is 9.84 Å². The van der Waals surface area contributed by atoms with Crippen molar-refractivity contribution in [1.82, 2.24) is 4.90 Å². The van der Waals surface area contributed by atoms with Gasteiger partial charge in [0, 0.05) is 25.1 Å². The van der Waals surface area contributed by atoms with Gasteiger partial charge in [-0.3, -0.25) is 4.90 Å². The van der Waals surface area contributed by atoms with Crippen LogP contribution in [0.15, 0.2) is 0 Å². The molecule has 1 N–H and O–H groups in total. The molecule has 1 heterocycles. The first-order valence-corrected chi connectivity index (χ1v) is 4.99. The molecule has 3 nitrogen and oxygen atoms in total. The van der Waals surface area contributed by atoms with Crippen LogP contribution in [0.5, 0.6) is 0 Å². The van der Waals surface area contributed by atoms with E-state index in [0.29, 0.717) is 6.04 Å². The minimum Gasteiger partial charge on any atom is -0.393 e. The first kappa shape index (κ1) is 11.0. The molecule has 0 saturated carbocycles. The Labute approximate surface area is 81.5 Å². The lowest BCUT2D eigenvalue weighted by Gasteiger charge is -2.44. The molecular formula is C9H20BNO2. The van der Waals surface area contributed by atoms with Crippen molar-refractivity contribution < 1.29 is 9.84 Å². The summed E-state index contributed by atoms with van der Waals surface area (Å²) in [5, 5.41) is 9.22. The minimum absolute atomic E-state index is 0.0978. The van der Waals surface area contributed by atoms with Gasteiger partial charge in [-0.05, 0) is 20.8 Å². The predicted molar refractivity (Wildman–Crippen MR) is 55.6 cm³/mol. The molecule has 0 spiro atoms. The predicted octanol–water partition coefficient (Wildman–Crippen LogP) is -0.563. The Morgan fingerprint density at radius 3 is 2.77 bits per heavy atom. The molecule has 1 aliphatic heterocycles. The zero-order valence-electron chi connectivity index (χ0n) is 9.08. The zero-order valence-corrected chi connectivity index (χ0v) is 9.08. The number of nitrogens with zero attached hydrogens (tertiary/aromatic N) is 1. The normalized spacial score (nSPS) is 36.8. The molecule has 0 bridgehead atoms. The van der Waals surface area contributed by atoms with E-state index in [9.17, 15) is 5.11 Å². The van der Waals surface area contributed by atoms with Crippen LogP contribution < -0.4 is 0 Å². The maximum atomic E-state index is 9.22. The Morgan fingerprint density at radius 1 is 1.69 bits per heavy atom. The van der Waals surface area contributed by atoms with Gasteiger partial charge in [0.2, 0.25) is 0 Å². The van der Waals surface area contributed by atoms with Gasteiger partial charge in [0.25, 0.3) is 0 Å². The van der Waals surface area contributed by atoms with E-state index >= 15 is 0 Å². The summed E-state index contributed by atoms with van der Waals surface area (Å²) in [5.41, 5.74) is -0.373. The van der Waals surface area contributed by atoms with Crippen LogP contribution >= 0.6 is 0 Å². The number of morpholine rings is 1. The third-order valence-corrected chi connectivity index (χ3v) is 2.58. The van der Waals surface area contributed by atoms with Gasteiger partial charge >= 0.3 is 0 Å². The first-order chi connectivity index (χ1) is 5.97. The van der Waals surface area contributed by atoms with Crippen LogP contribution in [-0.2, 0) is 4.74 Å². The molecule has 0 amide bonds. The molecule has 0 aromatic rings. The molecule has 1 aliphatic rings. The summed E-state index contributed by atoms with van der Waals surface area (Å²) in [7, 11) is 2.06. The van der Waals surface area contributed by atoms with Crippen LogP contribution in [0.3, 0.4) is 0 Å². The summed E-state index contributed by atoms with van der Waals surface area (Å²) in [4.78, 5) is 2.35. The molecule has 0 aliphatic carbocycles. The molecule has 76 valence electrons. The van der Waals surface area contributed by atoms with Crippen LogP contribution in [0, 0.1) is 0 Å². The number of aliphatic hydroxyl groups is 1. The second-order valence-corrected chi connectivity index (χ2v) is 4.56. The van der Waals surface area contributed by atoms with E-state index in [1.807, 2.05) is 6.92 Å². The van der Waals surface area contributed by atoms with Gasteiger partial charge in [-0.25, -0.2) is 0 Å². The van der Waals surface area contributed by atoms with Gasteiger partial charge in [-0.2, -0.15) is 0 Å². The van der Waals surface area contributed by atoms with Crippen LogP contribution in [0.2, 0.25) is 0 Å². The van der Waals surface area contributed by atoms with Gasteiger partial charge in [-0.15, -0.1) is 0 Å². The van der Waals surface area contributed by atoms with Crippen molar-refractivity contribution in [1.29, 1.82) is 0 Å².